The number of hydrogen-bond acceptors (Lipinski definition) is 1. The van der Waals surface area contributed by atoms with Crippen LogP contribution in [-0.2, 0) is 0 Å². The first kappa shape index (κ1) is 10.4. The van der Waals surface area contributed by atoms with Gasteiger partial charge in [-0.3, -0.25) is 0 Å². The lowest BCUT2D eigenvalue weighted by molar-refractivity contribution is 0.310. The van der Waals surface area contributed by atoms with Crippen molar-refractivity contribution in [1.29, 1.82) is 0 Å². The zero-order valence-electron chi connectivity index (χ0n) is 9.14. The third kappa shape index (κ3) is 1.79. The summed E-state index contributed by atoms with van der Waals surface area (Å²) >= 11 is 0. The first-order chi connectivity index (χ1) is 6.11. The van der Waals surface area contributed by atoms with Crippen LogP contribution in [0.5, 0.6) is 0 Å². The van der Waals surface area contributed by atoms with E-state index in [1.807, 2.05) is 0 Å². The largest absolute Gasteiger partial charge is 0.347 e. The maximum Gasteiger partial charge on any atom is 0.0330 e. The van der Waals surface area contributed by atoms with Gasteiger partial charge in [-0.05, 0) is 19.3 Å². The van der Waals surface area contributed by atoms with Gasteiger partial charge in [-0.1, -0.05) is 33.9 Å². The predicted molar refractivity (Wildman–Crippen MR) is 58.3 cm³/mol. The summed E-state index contributed by atoms with van der Waals surface area (Å²) < 4.78 is 0. The number of hydrogen-bond donors (Lipinski definition) is 0. The van der Waals surface area contributed by atoms with Crippen LogP contribution in [-0.4, -0.2) is 10.9 Å². The fraction of sp³-hybridized carbons (Fsp3) is 0.667. The zero-order chi connectivity index (χ0) is 10.0. The fourth-order valence-corrected chi connectivity index (χ4v) is 2.16. The standard InChI is InChI=1S/C12H21N/c1-6-12(7-2)13-10(4)8-9(3)11(13)5/h9,12H,4-8H2,1-3H3. The van der Waals surface area contributed by atoms with Crippen LogP contribution in [0.3, 0.4) is 0 Å². The van der Waals surface area contributed by atoms with E-state index in [0.29, 0.717) is 12.0 Å². The maximum atomic E-state index is 4.15. The summed E-state index contributed by atoms with van der Waals surface area (Å²) in [6.45, 7) is 15.0. The van der Waals surface area contributed by atoms with Gasteiger partial charge < -0.3 is 4.90 Å². The molecule has 1 heteroatoms. The molecule has 0 saturated carbocycles. The molecule has 1 atom stereocenters. The van der Waals surface area contributed by atoms with Crippen molar-refractivity contribution in [3.05, 3.63) is 24.6 Å². The Balaban J connectivity index is 2.78. The summed E-state index contributed by atoms with van der Waals surface area (Å²) in [5.74, 6) is 0.591. The normalized spacial score (nSPS) is 23.4. The number of rotatable bonds is 3. The minimum atomic E-state index is 0.591. The molecule has 0 aliphatic carbocycles. The Morgan fingerprint density at radius 3 is 2.23 bits per heavy atom. The van der Waals surface area contributed by atoms with Gasteiger partial charge in [0.2, 0.25) is 0 Å². The molecule has 1 saturated heterocycles. The van der Waals surface area contributed by atoms with Gasteiger partial charge in [-0.15, -0.1) is 0 Å². The van der Waals surface area contributed by atoms with E-state index in [9.17, 15) is 0 Å². The van der Waals surface area contributed by atoms with Crippen molar-refractivity contribution in [3.63, 3.8) is 0 Å². The van der Waals surface area contributed by atoms with Crippen LogP contribution in [0.2, 0.25) is 0 Å². The van der Waals surface area contributed by atoms with E-state index in [-0.39, 0.29) is 0 Å². The second-order valence-electron chi connectivity index (χ2n) is 4.00. The monoisotopic (exact) mass is 179 g/mol. The Morgan fingerprint density at radius 2 is 1.92 bits per heavy atom. The Kier molecular flexibility index (Phi) is 3.18. The summed E-state index contributed by atoms with van der Waals surface area (Å²) in [4.78, 5) is 2.35. The number of allylic oxidation sites excluding steroid dienone is 2. The Morgan fingerprint density at radius 1 is 1.38 bits per heavy atom. The molecule has 1 heterocycles. The molecule has 74 valence electrons. The van der Waals surface area contributed by atoms with E-state index in [2.05, 4.69) is 38.8 Å². The fourth-order valence-electron chi connectivity index (χ4n) is 2.16. The third-order valence-electron chi connectivity index (χ3n) is 3.07. The minimum absolute atomic E-state index is 0.591. The van der Waals surface area contributed by atoms with Crippen LogP contribution in [0.25, 0.3) is 0 Å². The average Bonchev–Trinajstić information content (AvgIpc) is 2.34. The zero-order valence-corrected chi connectivity index (χ0v) is 9.14. The van der Waals surface area contributed by atoms with Gasteiger partial charge in [0.1, 0.15) is 0 Å². The summed E-state index contributed by atoms with van der Waals surface area (Å²) in [5, 5.41) is 0. The Hall–Kier alpha value is -0.720. The van der Waals surface area contributed by atoms with E-state index in [1.165, 1.54) is 24.2 Å². The number of nitrogens with zero attached hydrogens (tertiary/aromatic N) is 1. The second kappa shape index (κ2) is 3.99. The van der Waals surface area contributed by atoms with Crippen LogP contribution in [0.4, 0.5) is 0 Å². The van der Waals surface area contributed by atoms with Crippen molar-refractivity contribution in [2.45, 2.75) is 46.1 Å². The average molecular weight is 179 g/mol. The maximum absolute atomic E-state index is 4.15. The second-order valence-corrected chi connectivity index (χ2v) is 4.00. The lowest BCUT2D eigenvalue weighted by Crippen LogP contribution is -2.28. The molecule has 1 rings (SSSR count). The van der Waals surface area contributed by atoms with Crippen molar-refractivity contribution in [1.82, 2.24) is 4.90 Å². The molecule has 0 aromatic rings. The molecule has 0 N–H and O–H groups in total. The summed E-state index contributed by atoms with van der Waals surface area (Å²) in [5.41, 5.74) is 2.52. The first-order valence-corrected chi connectivity index (χ1v) is 5.27. The molecule has 1 nitrogen and oxygen atoms in total. The number of likely N-dealkylation sites (tertiary alicyclic amines) is 1. The highest BCUT2D eigenvalue weighted by Gasteiger charge is 2.29. The highest BCUT2D eigenvalue weighted by atomic mass is 15.2. The smallest absolute Gasteiger partial charge is 0.0330 e. The highest BCUT2D eigenvalue weighted by Crippen LogP contribution is 2.36. The molecule has 0 spiro atoms. The van der Waals surface area contributed by atoms with E-state index < -0.39 is 0 Å². The molecule has 1 fully saturated rings. The van der Waals surface area contributed by atoms with Crippen LogP contribution < -0.4 is 0 Å². The van der Waals surface area contributed by atoms with Crippen LogP contribution in [0.1, 0.15) is 40.0 Å². The molecule has 1 unspecified atom stereocenters. The van der Waals surface area contributed by atoms with Crippen molar-refractivity contribution >= 4 is 0 Å². The lowest BCUT2D eigenvalue weighted by Gasteiger charge is -2.30. The first-order valence-electron chi connectivity index (χ1n) is 5.27. The van der Waals surface area contributed by atoms with Crippen molar-refractivity contribution < 1.29 is 0 Å². The van der Waals surface area contributed by atoms with Gasteiger partial charge in [-0.2, -0.15) is 0 Å². The van der Waals surface area contributed by atoms with Gasteiger partial charge in [0.25, 0.3) is 0 Å². The minimum Gasteiger partial charge on any atom is -0.347 e. The van der Waals surface area contributed by atoms with Crippen molar-refractivity contribution in [3.8, 4) is 0 Å². The quantitative estimate of drug-likeness (QED) is 0.640. The van der Waals surface area contributed by atoms with E-state index in [4.69, 9.17) is 0 Å². The topological polar surface area (TPSA) is 3.24 Å². The molecular weight excluding hydrogens is 158 g/mol. The van der Waals surface area contributed by atoms with E-state index in [0.717, 1.165) is 6.42 Å². The predicted octanol–water partition coefficient (Wildman–Crippen LogP) is 3.54. The molecular formula is C12H21N. The molecule has 0 aromatic heterocycles. The van der Waals surface area contributed by atoms with Gasteiger partial charge in [-0.25, -0.2) is 0 Å². The van der Waals surface area contributed by atoms with Crippen molar-refractivity contribution in [2.75, 3.05) is 0 Å². The van der Waals surface area contributed by atoms with Crippen LogP contribution in [0, 0.1) is 5.92 Å². The van der Waals surface area contributed by atoms with Gasteiger partial charge in [0, 0.05) is 23.4 Å². The summed E-state index contributed by atoms with van der Waals surface area (Å²) in [6.07, 6.45) is 3.46. The molecule has 1 aliphatic heterocycles. The molecule has 0 radical (unpaired) electrons. The lowest BCUT2D eigenvalue weighted by atomic mass is 10.1. The SMILES string of the molecule is C=C1CC(C)C(=C)N1C(CC)CC. The Labute approximate surface area is 82.1 Å². The highest BCUT2D eigenvalue weighted by molar-refractivity contribution is 5.20. The molecule has 0 bridgehead atoms. The van der Waals surface area contributed by atoms with Crippen molar-refractivity contribution in [2.24, 2.45) is 5.92 Å². The van der Waals surface area contributed by atoms with Gasteiger partial charge in [0.15, 0.2) is 0 Å². The molecule has 0 amide bonds. The molecule has 0 aromatic carbocycles. The summed E-state index contributed by atoms with van der Waals surface area (Å²) in [7, 11) is 0. The van der Waals surface area contributed by atoms with Crippen LogP contribution in [0.15, 0.2) is 24.6 Å². The van der Waals surface area contributed by atoms with Gasteiger partial charge >= 0.3 is 0 Å². The van der Waals surface area contributed by atoms with E-state index in [1.54, 1.807) is 0 Å². The summed E-state index contributed by atoms with van der Waals surface area (Å²) in [6, 6.07) is 0.616. The molecule has 13 heavy (non-hydrogen) atoms. The van der Waals surface area contributed by atoms with E-state index >= 15 is 0 Å². The van der Waals surface area contributed by atoms with Crippen LogP contribution >= 0.6 is 0 Å². The van der Waals surface area contributed by atoms with Gasteiger partial charge in [0.05, 0.1) is 0 Å². The molecule has 1 aliphatic rings. The third-order valence-corrected chi connectivity index (χ3v) is 3.07. The Bertz CT molecular complexity index is 213.